The molecule has 0 aromatic heterocycles. The first kappa shape index (κ1) is 19.7. The molecule has 0 nitrogen and oxygen atoms in total. The van der Waals surface area contributed by atoms with Crippen molar-refractivity contribution >= 4 is 0 Å². The average molecular weight is 281 g/mol. The number of allylic oxidation sites excluding steroid dienone is 1. The molecular weight excluding hydrogens is 240 g/mol. The topological polar surface area (TPSA) is 0 Å². The fourth-order valence-electron chi connectivity index (χ4n) is 2.91. The maximum Gasteiger partial charge on any atom is -0.0353 e. The van der Waals surface area contributed by atoms with E-state index in [9.17, 15) is 0 Å². The quantitative estimate of drug-likeness (QED) is 0.201. The molecule has 0 saturated carbocycles. The van der Waals surface area contributed by atoms with Crippen LogP contribution in [0.25, 0.3) is 0 Å². The van der Waals surface area contributed by atoms with Crippen LogP contribution in [-0.4, -0.2) is 0 Å². The first-order valence-electron chi connectivity index (χ1n) is 9.42. The Kier molecular flexibility index (Phi) is 16.6. The standard InChI is InChI=1S/C20H40/c1-4-6-8-10-12-13-15-17-19-20(3)18-16-14-11-9-7-5-2/h5,20H,2,4,6-19H2,1,3H3. The second kappa shape index (κ2) is 16.8. The van der Waals surface area contributed by atoms with Crippen molar-refractivity contribution in [1.29, 1.82) is 0 Å². The van der Waals surface area contributed by atoms with E-state index in [0.29, 0.717) is 0 Å². The second-order valence-electron chi connectivity index (χ2n) is 6.65. The van der Waals surface area contributed by atoms with Gasteiger partial charge in [0.15, 0.2) is 0 Å². The van der Waals surface area contributed by atoms with Crippen LogP contribution in [0.2, 0.25) is 0 Å². The Labute approximate surface area is 129 Å². The molecule has 120 valence electrons. The van der Waals surface area contributed by atoms with E-state index in [2.05, 4.69) is 20.4 Å². The molecule has 0 bridgehead atoms. The highest BCUT2D eigenvalue weighted by atomic mass is 14.1. The first-order valence-corrected chi connectivity index (χ1v) is 9.42. The summed E-state index contributed by atoms with van der Waals surface area (Å²) in [5, 5.41) is 0. The van der Waals surface area contributed by atoms with Gasteiger partial charge in [-0.25, -0.2) is 0 Å². The SMILES string of the molecule is C=CCCCCCCC(C)CCCCCCCCCC. The summed E-state index contributed by atoms with van der Waals surface area (Å²) < 4.78 is 0. The van der Waals surface area contributed by atoms with E-state index in [0.717, 1.165) is 5.92 Å². The summed E-state index contributed by atoms with van der Waals surface area (Å²) in [6.07, 6.45) is 23.4. The van der Waals surface area contributed by atoms with E-state index in [-0.39, 0.29) is 0 Å². The predicted octanol–water partition coefficient (Wildman–Crippen LogP) is 7.68. The van der Waals surface area contributed by atoms with Crippen LogP contribution in [0.1, 0.15) is 110 Å². The molecule has 0 radical (unpaired) electrons. The Morgan fingerprint density at radius 1 is 0.700 bits per heavy atom. The van der Waals surface area contributed by atoms with Crippen molar-refractivity contribution in [3.63, 3.8) is 0 Å². The molecule has 1 atom stereocenters. The minimum absolute atomic E-state index is 0.953. The molecule has 0 aromatic carbocycles. The molecule has 0 spiro atoms. The number of hydrogen-bond acceptors (Lipinski definition) is 0. The lowest BCUT2D eigenvalue weighted by atomic mass is 9.96. The highest BCUT2D eigenvalue weighted by Gasteiger charge is 2.01. The average Bonchev–Trinajstić information content (AvgIpc) is 2.45. The first-order chi connectivity index (χ1) is 9.81. The molecule has 0 aliphatic carbocycles. The van der Waals surface area contributed by atoms with Gasteiger partial charge in [0.25, 0.3) is 0 Å². The maximum absolute atomic E-state index is 3.78. The Bertz CT molecular complexity index is 182. The molecule has 0 heterocycles. The summed E-state index contributed by atoms with van der Waals surface area (Å²) >= 11 is 0. The van der Waals surface area contributed by atoms with Gasteiger partial charge in [0.05, 0.1) is 0 Å². The summed E-state index contributed by atoms with van der Waals surface area (Å²) in [6.45, 7) is 8.52. The van der Waals surface area contributed by atoms with Gasteiger partial charge in [-0.2, -0.15) is 0 Å². The van der Waals surface area contributed by atoms with Crippen molar-refractivity contribution in [2.45, 2.75) is 110 Å². The lowest BCUT2D eigenvalue weighted by Crippen LogP contribution is -1.95. The van der Waals surface area contributed by atoms with Gasteiger partial charge in [0.2, 0.25) is 0 Å². The number of rotatable bonds is 16. The third-order valence-electron chi connectivity index (χ3n) is 4.41. The van der Waals surface area contributed by atoms with Crippen molar-refractivity contribution in [3.05, 3.63) is 12.7 Å². The Hall–Kier alpha value is -0.260. The highest BCUT2D eigenvalue weighted by molar-refractivity contribution is 4.65. The zero-order valence-corrected chi connectivity index (χ0v) is 14.5. The van der Waals surface area contributed by atoms with Gasteiger partial charge in [0, 0.05) is 0 Å². The maximum atomic E-state index is 3.78. The Morgan fingerprint density at radius 2 is 1.15 bits per heavy atom. The molecule has 0 amide bonds. The fraction of sp³-hybridized carbons (Fsp3) is 0.900. The van der Waals surface area contributed by atoms with E-state index in [1.807, 2.05) is 6.08 Å². The summed E-state index contributed by atoms with van der Waals surface area (Å²) in [5.41, 5.74) is 0. The minimum atomic E-state index is 0.953. The van der Waals surface area contributed by atoms with Crippen LogP contribution in [0.5, 0.6) is 0 Å². The van der Waals surface area contributed by atoms with Crippen LogP contribution >= 0.6 is 0 Å². The molecule has 0 N–H and O–H groups in total. The molecule has 0 aliphatic rings. The number of hydrogen-bond donors (Lipinski definition) is 0. The Morgan fingerprint density at radius 3 is 1.65 bits per heavy atom. The van der Waals surface area contributed by atoms with E-state index in [4.69, 9.17) is 0 Å². The van der Waals surface area contributed by atoms with E-state index in [1.165, 1.54) is 96.3 Å². The van der Waals surface area contributed by atoms with Crippen LogP contribution in [0, 0.1) is 5.92 Å². The molecule has 0 heteroatoms. The normalized spacial score (nSPS) is 12.5. The summed E-state index contributed by atoms with van der Waals surface area (Å²) in [4.78, 5) is 0. The second-order valence-corrected chi connectivity index (χ2v) is 6.65. The monoisotopic (exact) mass is 280 g/mol. The fourth-order valence-corrected chi connectivity index (χ4v) is 2.91. The van der Waals surface area contributed by atoms with Crippen LogP contribution in [0.15, 0.2) is 12.7 Å². The molecule has 0 aromatic rings. The van der Waals surface area contributed by atoms with Gasteiger partial charge in [-0.05, 0) is 18.8 Å². The predicted molar refractivity (Wildman–Crippen MR) is 94.3 cm³/mol. The van der Waals surface area contributed by atoms with Crippen molar-refractivity contribution in [3.8, 4) is 0 Å². The smallest absolute Gasteiger partial charge is 0.0353 e. The summed E-state index contributed by atoms with van der Waals surface area (Å²) in [5.74, 6) is 0.953. The molecule has 1 unspecified atom stereocenters. The molecule has 0 saturated heterocycles. The van der Waals surface area contributed by atoms with Crippen molar-refractivity contribution in [1.82, 2.24) is 0 Å². The van der Waals surface area contributed by atoms with Crippen LogP contribution < -0.4 is 0 Å². The van der Waals surface area contributed by atoms with Crippen LogP contribution in [0.3, 0.4) is 0 Å². The summed E-state index contributed by atoms with van der Waals surface area (Å²) in [7, 11) is 0. The van der Waals surface area contributed by atoms with Crippen molar-refractivity contribution in [2.75, 3.05) is 0 Å². The zero-order valence-electron chi connectivity index (χ0n) is 14.5. The lowest BCUT2D eigenvalue weighted by molar-refractivity contribution is 0.432. The van der Waals surface area contributed by atoms with Gasteiger partial charge >= 0.3 is 0 Å². The molecule has 20 heavy (non-hydrogen) atoms. The molecule has 0 fully saturated rings. The van der Waals surface area contributed by atoms with Gasteiger partial charge in [-0.3, -0.25) is 0 Å². The third-order valence-corrected chi connectivity index (χ3v) is 4.41. The summed E-state index contributed by atoms with van der Waals surface area (Å²) in [6, 6.07) is 0. The molecule has 0 aliphatic heterocycles. The lowest BCUT2D eigenvalue weighted by Gasteiger charge is -2.11. The van der Waals surface area contributed by atoms with E-state index >= 15 is 0 Å². The van der Waals surface area contributed by atoms with Crippen molar-refractivity contribution < 1.29 is 0 Å². The van der Waals surface area contributed by atoms with Gasteiger partial charge < -0.3 is 0 Å². The highest BCUT2D eigenvalue weighted by Crippen LogP contribution is 2.18. The molecule has 0 rings (SSSR count). The van der Waals surface area contributed by atoms with E-state index < -0.39 is 0 Å². The van der Waals surface area contributed by atoms with Crippen LogP contribution in [-0.2, 0) is 0 Å². The minimum Gasteiger partial charge on any atom is -0.103 e. The zero-order chi connectivity index (χ0) is 14.9. The van der Waals surface area contributed by atoms with Gasteiger partial charge in [-0.15, -0.1) is 6.58 Å². The van der Waals surface area contributed by atoms with Gasteiger partial charge in [0.1, 0.15) is 0 Å². The third kappa shape index (κ3) is 15.8. The van der Waals surface area contributed by atoms with Crippen molar-refractivity contribution in [2.24, 2.45) is 5.92 Å². The largest absolute Gasteiger partial charge is 0.103 e. The number of unbranched alkanes of at least 4 members (excludes halogenated alkanes) is 11. The van der Waals surface area contributed by atoms with Crippen LogP contribution in [0.4, 0.5) is 0 Å². The molecular formula is C20H40. The van der Waals surface area contributed by atoms with Gasteiger partial charge in [-0.1, -0.05) is 103 Å². The Balaban J connectivity index is 3.12. The van der Waals surface area contributed by atoms with E-state index in [1.54, 1.807) is 0 Å².